The van der Waals surface area contributed by atoms with Gasteiger partial charge in [-0.1, -0.05) is 6.58 Å². The summed E-state index contributed by atoms with van der Waals surface area (Å²) >= 11 is 0. The van der Waals surface area contributed by atoms with Crippen LogP contribution in [-0.4, -0.2) is 40.6 Å². The van der Waals surface area contributed by atoms with Gasteiger partial charge in [-0.15, -0.1) is 0 Å². The molecule has 17 heavy (non-hydrogen) atoms. The second-order valence-electron chi connectivity index (χ2n) is 3.45. The maximum Gasteiger partial charge on any atom is 0.340 e. The van der Waals surface area contributed by atoms with E-state index in [4.69, 9.17) is 10.2 Å². The van der Waals surface area contributed by atoms with Crippen LogP contribution >= 0.6 is 0 Å². The van der Waals surface area contributed by atoms with Gasteiger partial charge in [0.15, 0.2) is 0 Å². The van der Waals surface area contributed by atoms with Crippen molar-refractivity contribution >= 4 is 17.7 Å². The van der Waals surface area contributed by atoms with Gasteiger partial charge in [0.1, 0.15) is 12.2 Å². The number of ketones is 1. The van der Waals surface area contributed by atoms with Gasteiger partial charge in [-0.05, 0) is 20.8 Å². The zero-order chi connectivity index (χ0) is 14.0. The van der Waals surface area contributed by atoms with Crippen LogP contribution in [0.15, 0.2) is 12.2 Å². The Kier molecular flexibility index (Phi) is 10.2. The highest BCUT2D eigenvalue weighted by Gasteiger charge is 2.12. The summed E-state index contributed by atoms with van der Waals surface area (Å²) in [6, 6.07) is 0. The van der Waals surface area contributed by atoms with E-state index in [2.05, 4.69) is 11.3 Å². The fourth-order valence-electron chi connectivity index (χ4n) is 0.430. The lowest BCUT2D eigenvalue weighted by Crippen LogP contribution is -2.14. The first-order chi connectivity index (χ1) is 7.70. The molecule has 0 bridgehead atoms. The molecule has 1 atom stereocenters. The van der Waals surface area contributed by atoms with Crippen LogP contribution in [0.3, 0.4) is 0 Å². The van der Waals surface area contributed by atoms with Gasteiger partial charge in [0, 0.05) is 5.57 Å². The highest BCUT2D eigenvalue weighted by atomic mass is 16.6. The minimum absolute atomic E-state index is 0.131. The molecule has 0 amide bonds. The number of aliphatic hydroxyl groups is 2. The molecule has 0 aliphatic rings. The molecular weight excluding hydrogens is 228 g/mol. The first kappa shape index (κ1) is 17.9. The van der Waals surface area contributed by atoms with Crippen molar-refractivity contribution in [1.29, 1.82) is 0 Å². The van der Waals surface area contributed by atoms with Gasteiger partial charge in [0.05, 0.1) is 12.7 Å². The number of carbonyl (C=O) groups is 3. The summed E-state index contributed by atoms with van der Waals surface area (Å²) in [6.45, 7) is 7.33. The SMILES string of the molecule is C=C(C)C(=O)OC(=O)CC(C)=O.CC(O)CO. The highest BCUT2D eigenvalue weighted by Crippen LogP contribution is 1.95. The number of carbonyl (C=O) groups excluding carboxylic acids is 3. The summed E-state index contributed by atoms with van der Waals surface area (Å²) < 4.78 is 4.22. The molecule has 98 valence electrons. The number of hydrogen-bond donors (Lipinski definition) is 2. The van der Waals surface area contributed by atoms with Crippen LogP contribution in [0.5, 0.6) is 0 Å². The van der Waals surface area contributed by atoms with Crippen molar-refractivity contribution < 1.29 is 29.3 Å². The molecule has 0 aromatic carbocycles. The molecule has 0 aromatic heterocycles. The first-order valence-electron chi connectivity index (χ1n) is 4.89. The quantitative estimate of drug-likeness (QED) is 0.410. The maximum absolute atomic E-state index is 10.7. The minimum Gasteiger partial charge on any atom is -0.394 e. The van der Waals surface area contributed by atoms with Crippen molar-refractivity contribution in [1.82, 2.24) is 0 Å². The van der Waals surface area contributed by atoms with Crippen LogP contribution in [0.1, 0.15) is 27.2 Å². The normalized spacial score (nSPS) is 10.6. The number of hydrogen-bond acceptors (Lipinski definition) is 6. The average Bonchev–Trinajstić information content (AvgIpc) is 2.16. The van der Waals surface area contributed by atoms with Crippen LogP contribution < -0.4 is 0 Å². The molecule has 6 nitrogen and oxygen atoms in total. The fourth-order valence-corrected chi connectivity index (χ4v) is 0.430. The highest BCUT2D eigenvalue weighted by molar-refractivity contribution is 6.01. The summed E-state index contributed by atoms with van der Waals surface area (Å²) in [6.07, 6.45) is -0.936. The zero-order valence-corrected chi connectivity index (χ0v) is 10.2. The third kappa shape index (κ3) is 14.5. The third-order valence-corrected chi connectivity index (χ3v) is 1.21. The number of aliphatic hydroxyl groups excluding tert-OH is 2. The van der Waals surface area contributed by atoms with Crippen LogP contribution in [0, 0.1) is 0 Å². The second-order valence-corrected chi connectivity index (χ2v) is 3.45. The molecule has 6 heteroatoms. The summed E-state index contributed by atoms with van der Waals surface area (Å²) in [5, 5.41) is 16.0. The molecule has 0 aliphatic carbocycles. The molecule has 0 aliphatic heterocycles. The van der Waals surface area contributed by atoms with E-state index in [0.29, 0.717) is 0 Å². The van der Waals surface area contributed by atoms with Crippen molar-refractivity contribution in [3.63, 3.8) is 0 Å². The summed E-state index contributed by atoms with van der Waals surface area (Å²) in [5.74, 6) is -1.97. The second kappa shape index (κ2) is 9.68. The third-order valence-electron chi connectivity index (χ3n) is 1.21. The smallest absolute Gasteiger partial charge is 0.340 e. The Labute approximate surface area is 99.9 Å². The van der Waals surface area contributed by atoms with E-state index in [9.17, 15) is 14.4 Å². The zero-order valence-electron chi connectivity index (χ0n) is 10.2. The Hall–Kier alpha value is -1.53. The Morgan fingerprint density at radius 3 is 1.94 bits per heavy atom. The predicted molar refractivity (Wildman–Crippen MR) is 60.0 cm³/mol. The van der Waals surface area contributed by atoms with Crippen LogP contribution in [-0.2, 0) is 19.1 Å². The van der Waals surface area contributed by atoms with Gasteiger partial charge in [0.2, 0.25) is 0 Å². The van der Waals surface area contributed by atoms with Gasteiger partial charge in [-0.25, -0.2) is 4.79 Å². The van der Waals surface area contributed by atoms with E-state index in [1.54, 1.807) is 0 Å². The molecule has 0 rings (SSSR count). The molecule has 0 radical (unpaired) electrons. The van der Waals surface area contributed by atoms with E-state index >= 15 is 0 Å². The molecule has 1 unspecified atom stereocenters. The maximum atomic E-state index is 10.7. The Balaban J connectivity index is 0. The summed E-state index contributed by atoms with van der Waals surface area (Å²) in [4.78, 5) is 31.7. The lowest BCUT2D eigenvalue weighted by atomic mass is 10.3. The van der Waals surface area contributed by atoms with Gasteiger partial charge in [-0.3, -0.25) is 9.59 Å². The Morgan fingerprint density at radius 2 is 1.71 bits per heavy atom. The number of rotatable bonds is 4. The molecule has 0 saturated heterocycles. The van der Waals surface area contributed by atoms with Crippen molar-refractivity contribution in [2.24, 2.45) is 0 Å². The molecule has 0 spiro atoms. The molecule has 0 heterocycles. The number of Topliss-reactive ketones (excluding diaryl/α,β-unsaturated/α-hetero) is 1. The van der Waals surface area contributed by atoms with E-state index in [1.807, 2.05) is 0 Å². The van der Waals surface area contributed by atoms with E-state index in [0.717, 1.165) is 0 Å². The van der Waals surface area contributed by atoms with Crippen molar-refractivity contribution in [3.05, 3.63) is 12.2 Å². The van der Waals surface area contributed by atoms with Gasteiger partial charge >= 0.3 is 11.9 Å². The monoisotopic (exact) mass is 246 g/mol. The lowest BCUT2D eigenvalue weighted by molar-refractivity contribution is -0.157. The topological polar surface area (TPSA) is 101 Å². The number of ether oxygens (including phenoxy) is 1. The molecule has 0 saturated carbocycles. The van der Waals surface area contributed by atoms with E-state index < -0.39 is 18.0 Å². The standard InChI is InChI=1S/C8H10O4.C3H8O2/c1-5(2)8(11)12-7(10)4-6(3)9;1-3(5)2-4/h1,4H2,2-3H3;3-5H,2H2,1H3. The molecule has 0 fully saturated rings. The van der Waals surface area contributed by atoms with E-state index in [1.165, 1.54) is 20.8 Å². The Morgan fingerprint density at radius 1 is 1.29 bits per heavy atom. The summed E-state index contributed by atoms with van der Waals surface area (Å²) in [7, 11) is 0. The lowest BCUT2D eigenvalue weighted by Gasteiger charge is -1.99. The fraction of sp³-hybridized carbons (Fsp3) is 0.545. The predicted octanol–water partition coefficient (Wildman–Crippen LogP) is -0.0291. The van der Waals surface area contributed by atoms with Crippen LogP contribution in [0.4, 0.5) is 0 Å². The van der Waals surface area contributed by atoms with E-state index in [-0.39, 0.29) is 24.4 Å². The molecular formula is C11H18O6. The number of esters is 2. The van der Waals surface area contributed by atoms with Crippen LogP contribution in [0.2, 0.25) is 0 Å². The first-order valence-corrected chi connectivity index (χ1v) is 4.89. The van der Waals surface area contributed by atoms with Crippen molar-refractivity contribution in [2.45, 2.75) is 33.3 Å². The van der Waals surface area contributed by atoms with Crippen molar-refractivity contribution in [2.75, 3.05) is 6.61 Å². The van der Waals surface area contributed by atoms with Gasteiger partial charge < -0.3 is 14.9 Å². The van der Waals surface area contributed by atoms with Gasteiger partial charge in [-0.2, -0.15) is 0 Å². The molecule has 0 aromatic rings. The van der Waals surface area contributed by atoms with Gasteiger partial charge in [0.25, 0.3) is 0 Å². The summed E-state index contributed by atoms with van der Waals surface area (Å²) in [5.41, 5.74) is 0.131. The Bertz CT molecular complexity index is 292. The largest absolute Gasteiger partial charge is 0.394 e. The minimum atomic E-state index is -0.838. The van der Waals surface area contributed by atoms with Crippen LogP contribution in [0.25, 0.3) is 0 Å². The molecule has 2 N–H and O–H groups in total. The van der Waals surface area contributed by atoms with Crippen molar-refractivity contribution in [3.8, 4) is 0 Å². The average molecular weight is 246 g/mol.